The van der Waals surface area contributed by atoms with E-state index >= 15 is 0 Å². The quantitative estimate of drug-likeness (QED) is 0.888. The lowest BCUT2D eigenvalue weighted by atomic mass is 10.1. The van der Waals surface area contributed by atoms with Crippen LogP contribution in [0.25, 0.3) is 0 Å². The van der Waals surface area contributed by atoms with Crippen LogP contribution < -0.4 is 5.73 Å². The first-order valence-electron chi connectivity index (χ1n) is 5.88. The molecular weight excluding hydrogens is 238 g/mol. The van der Waals surface area contributed by atoms with Gasteiger partial charge >= 0.3 is 0 Å². The van der Waals surface area contributed by atoms with Crippen molar-refractivity contribution in [1.29, 1.82) is 0 Å². The fourth-order valence-corrected chi connectivity index (χ4v) is 2.04. The number of benzene rings is 1. The van der Waals surface area contributed by atoms with Gasteiger partial charge < -0.3 is 10.6 Å². The molecule has 1 saturated carbocycles. The first-order chi connectivity index (χ1) is 8.48. The van der Waals surface area contributed by atoms with Crippen molar-refractivity contribution in [2.24, 2.45) is 11.1 Å². The first kappa shape index (κ1) is 13.0. The lowest BCUT2D eigenvalue weighted by Crippen LogP contribution is -2.37. The van der Waals surface area contributed by atoms with Crippen LogP contribution in [-0.4, -0.2) is 24.4 Å². The summed E-state index contributed by atoms with van der Waals surface area (Å²) < 4.78 is 25.8. The molecule has 0 aliphatic heterocycles. The van der Waals surface area contributed by atoms with E-state index in [1.54, 1.807) is 7.05 Å². The van der Waals surface area contributed by atoms with Crippen molar-refractivity contribution in [3.8, 4) is 0 Å². The summed E-state index contributed by atoms with van der Waals surface area (Å²) in [7, 11) is 1.65. The van der Waals surface area contributed by atoms with Crippen LogP contribution in [0, 0.1) is 17.0 Å². The van der Waals surface area contributed by atoms with E-state index in [0.29, 0.717) is 12.1 Å². The SMILES string of the molecule is CN(Cc1ccc(F)c(F)c1)C(=O)C1(CN)CC1. The van der Waals surface area contributed by atoms with Crippen molar-refractivity contribution in [3.63, 3.8) is 0 Å². The molecule has 18 heavy (non-hydrogen) atoms. The van der Waals surface area contributed by atoms with Gasteiger partial charge in [-0.15, -0.1) is 0 Å². The maximum absolute atomic E-state index is 13.0. The van der Waals surface area contributed by atoms with Gasteiger partial charge in [0.2, 0.25) is 5.91 Å². The number of halogens is 2. The molecule has 2 rings (SSSR count). The fourth-order valence-electron chi connectivity index (χ4n) is 2.04. The maximum Gasteiger partial charge on any atom is 0.230 e. The second kappa shape index (κ2) is 4.65. The Morgan fingerprint density at radius 2 is 2.06 bits per heavy atom. The van der Waals surface area contributed by atoms with Crippen molar-refractivity contribution >= 4 is 5.91 Å². The molecule has 1 amide bonds. The molecule has 0 saturated heterocycles. The van der Waals surface area contributed by atoms with Crippen molar-refractivity contribution in [2.75, 3.05) is 13.6 Å². The molecule has 0 unspecified atom stereocenters. The van der Waals surface area contributed by atoms with Crippen LogP contribution in [-0.2, 0) is 11.3 Å². The molecule has 1 fully saturated rings. The Kier molecular flexibility index (Phi) is 3.34. The molecule has 0 aromatic heterocycles. The van der Waals surface area contributed by atoms with Gasteiger partial charge in [0, 0.05) is 20.1 Å². The number of amides is 1. The second-order valence-corrected chi connectivity index (χ2v) is 4.89. The van der Waals surface area contributed by atoms with Crippen LogP contribution in [0.4, 0.5) is 8.78 Å². The normalized spacial score (nSPS) is 16.4. The lowest BCUT2D eigenvalue weighted by Gasteiger charge is -2.22. The number of nitrogens with zero attached hydrogens (tertiary/aromatic N) is 1. The predicted molar refractivity (Wildman–Crippen MR) is 63.6 cm³/mol. The van der Waals surface area contributed by atoms with Gasteiger partial charge in [-0.2, -0.15) is 0 Å². The lowest BCUT2D eigenvalue weighted by molar-refractivity contribution is -0.135. The average Bonchev–Trinajstić information content (AvgIpc) is 3.14. The number of hydrogen-bond acceptors (Lipinski definition) is 2. The van der Waals surface area contributed by atoms with E-state index in [2.05, 4.69) is 0 Å². The smallest absolute Gasteiger partial charge is 0.230 e. The largest absolute Gasteiger partial charge is 0.341 e. The molecule has 0 atom stereocenters. The molecule has 5 heteroatoms. The van der Waals surface area contributed by atoms with E-state index in [-0.39, 0.29) is 12.5 Å². The van der Waals surface area contributed by atoms with Gasteiger partial charge in [0.15, 0.2) is 11.6 Å². The van der Waals surface area contributed by atoms with E-state index in [1.165, 1.54) is 11.0 Å². The van der Waals surface area contributed by atoms with Gasteiger partial charge in [-0.05, 0) is 30.5 Å². The topological polar surface area (TPSA) is 46.3 Å². The zero-order valence-electron chi connectivity index (χ0n) is 10.2. The highest BCUT2D eigenvalue weighted by Gasteiger charge is 2.49. The Hall–Kier alpha value is -1.49. The number of nitrogens with two attached hydrogens (primary N) is 1. The number of carbonyl (C=O) groups excluding carboxylic acids is 1. The van der Waals surface area contributed by atoms with Crippen molar-refractivity contribution in [2.45, 2.75) is 19.4 Å². The minimum absolute atomic E-state index is 0.0188. The third kappa shape index (κ3) is 2.36. The van der Waals surface area contributed by atoms with Gasteiger partial charge in [-0.25, -0.2) is 8.78 Å². The summed E-state index contributed by atoms with van der Waals surface area (Å²) in [5.74, 6) is -1.80. The van der Waals surface area contributed by atoms with E-state index in [1.807, 2.05) is 0 Å². The number of hydrogen-bond donors (Lipinski definition) is 1. The summed E-state index contributed by atoms with van der Waals surface area (Å²) >= 11 is 0. The van der Waals surface area contributed by atoms with Gasteiger partial charge in [-0.1, -0.05) is 6.07 Å². The Labute approximate surface area is 105 Å². The van der Waals surface area contributed by atoms with Crippen LogP contribution in [0.5, 0.6) is 0 Å². The monoisotopic (exact) mass is 254 g/mol. The zero-order valence-corrected chi connectivity index (χ0v) is 10.2. The standard InChI is InChI=1S/C13H16F2N2O/c1-17(12(18)13(8-16)4-5-13)7-9-2-3-10(14)11(15)6-9/h2-3,6H,4-5,7-8,16H2,1H3. The molecule has 3 nitrogen and oxygen atoms in total. The van der Waals surface area contributed by atoms with Gasteiger partial charge in [-0.3, -0.25) is 4.79 Å². The number of rotatable bonds is 4. The highest BCUT2D eigenvalue weighted by molar-refractivity contribution is 5.85. The highest BCUT2D eigenvalue weighted by Crippen LogP contribution is 2.46. The highest BCUT2D eigenvalue weighted by atomic mass is 19.2. The molecule has 1 aliphatic carbocycles. The van der Waals surface area contributed by atoms with Crippen molar-refractivity contribution in [3.05, 3.63) is 35.4 Å². The molecule has 0 radical (unpaired) electrons. The second-order valence-electron chi connectivity index (χ2n) is 4.89. The molecule has 0 bridgehead atoms. The average molecular weight is 254 g/mol. The fraction of sp³-hybridized carbons (Fsp3) is 0.462. The van der Waals surface area contributed by atoms with Crippen LogP contribution in [0.3, 0.4) is 0 Å². The Morgan fingerprint density at radius 1 is 1.39 bits per heavy atom. The zero-order chi connectivity index (χ0) is 13.3. The van der Waals surface area contributed by atoms with E-state index in [0.717, 1.165) is 25.0 Å². The van der Waals surface area contributed by atoms with E-state index < -0.39 is 17.0 Å². The van der Waals surface area contributed by atoms with Crippen LogP contribution >= 0.6 is 0 Å². The molecule has 0 heterocycles. The number of carbonyl (C=O) groups is 1. The molecule has 0 spiro atoms. The van der Waals surface area contributed by atoms with E-state index in [4.69, 9.17) is 5.73 Å². The van der Waals surface area contributed by atoms with Gasteiger partial charge in [0.05, 0.1) is 5.41 Å². The molecule has 98 valence electrons. The molecule has 1 aliphatic rings. The van der Waals surface area contributed by atoms with Crippen molar-refractivity contribution < 1.29 is 13.6 Å². The molecule has 1 aromatic carbocycles. The van der Waals surface area contributed by atoms with Gasteiger partial charge in [0.25, 0.3) is 0 Å². The summed E-state index contributed by atoms with van der Waals surface area (Å²) in [6.07, 6.45) is 1.62. The Balaban J connectivity index is 2.05. The molecule has 1 aromatic rings. The van der Waals surface area contributed by atoms with E-state index in [9.17, 15) is 13.6 Å². The summed E-state index contributed by atoms with van der Waals surface area (Å²) in [5, 5.41) is 0. The minimum Gasteiger partial charge on any atom is -0.341 e. The van der Waals surface area contributed by atoms with Crippen LogP contribution in [0.1, 0.15) is 18.4 Å². The molecule has 2 N–H and O–H groups in total. The molecular formula is C13H16F2N2O. The minimum atomic E-state index is -0.895. The van der Waals surface area contributed by atoms with Gasteiger partial charge in [0.1, 0.15) is 0 Å². The van der Waals surface area contributed by atoms with Crippen LogP contribution in [0.15, 0.2) is 18.2 Å². The first-order valence-corrected chi connectivity index (χ1v) is 5.88. The third-order valence-corrected chi connectivity index (χ3v) is 3.45. The predicted octanol–water partition coefficient (Wildman–Crippen LogP) is 1.66. The Morgan fingerprint density at radius 3 is 2.56 bits per heavy atom. The summed E-state index contributed by atoms with van der Waals surface area (Å²) in [5.41, 5.74) is 5.75. The third-order valence-electron chi connectivity index (χ3n) is 3.45. The Bertz CT molecular complexity index is 472. The summed E-state index contributed by atoms with van der Waals surface area (Å²) in [6, 6.07) is 3.66. The maximum atomic E-state index is 13.0. The summed E-state index contributed by atoms with van der Waals surface area (Å²) in [6.45, 7) is 0.603. The summed E-state index contributed by atoms with van der Waals surface area (Å²) in [4.78, 5) is 13.6. The van der Waals surface area contributed by atoms with Crippen molar-refractivity contribution in [1.82, 2.24) is 4.90 Å². The van der Waals surface area contributed by atoms with Crippen LogP contribution in [0.2, 0.25) is 0 Å².